The molecule has 0 aliphatic carbocycles. The number of pyridine rings is 1. The van der Waals surface area contributed by atoms with Gasteiger partial charge in [0.25, 0.3) is 11.8 Å². The topological polar surface area (TPSA) is 98.1 Å². The molecule has 3 heterocycles. The van der Waals surface area contributed by atoms with E-state index >= 15 is 0 Å². The van der Waals surface area contributed by atoms with Crippen LogP contribution in [0.5, 0.6) is 5.75 Å². The number of rotatable bonds is 8. The average Bonchev–Trinajstić information content (AvgIpc) is 3.46. The van der Waals surface area contributed by atoms with Gasteiger partial charge in [0.2, 0.25) is 0 Å². The lowest BCUT2D eigenvalue weighted by Gasteiger charge is -2.09. The Hall–Kier alpha value is -3.72. The highest BCUT2D eigenvalue weighted by atomic mass is 32.1. The standard InChI is InChI=1S/C23H23N5O3S/c1-15-12-19(20-13-26-28(21(20)27-15)14-18-4-3-11-32-18)23(30)25-10-9-24-22(29)16-5-7-17(31-2)8-6-16/h3-8,11-13H,9-10,14H2,1-2H3,(H,24,29)(H,25,30). The molecule has 2 N–H and O–H groups in total. The molecule has 164 valence electrons. The number of hydrogen-bond donors (Lipinski definition) is 2. The molecule has 4 aromatic rings. The summed E-state index contributed by atoms with van der Waals surface area (Å²) in [6.07, 6.45) is 1.68. The van der Waals surface area contributed by atoms with Gasteiger partial charge in [-0.25, -0.2) is 9.67 Å². The lowest BCUT2D eigenvalue weighted by Crippen LogP contribution is -2.34. The van der Waals surface area contributed by atoms with E-state index in [9.17, 15) is 9.59 Å². The quantitative estimate of drug-likeness (QED) is 0.403. The van der Waals surface area contributed by atoms with E-state index in [0.717, 1.165) is 10.6 Å². The van der Waals surface area contributed by atoms with Crippen molar-refractivity contribution in [2.24, 2.45) is 0 Å². The van der Waals surface area contributed by atoms with Crippen LogP contribution in [-0.4, -0.2) is 46.8 Å². The van der Waals surface area contributed by atoms with E-state index in [4.69, 9.17) is 4.74 Å². The number of carbonyl (C=O) groups is 2. The normalized spacial score (nSPS) is 10.8. The van der Waals surface area contributed by atoms with E-state index in [0.29, 0.717) is 47.5 Å². The molecule has 1 aromatic carbocycles. The van der Waals surface area contributed by atoms with Crippen molar-refractivity contribution in [3.63, 3.8) is 0 Å². The molecular formula is C23H23N5O3S. The van der Waals surface area contributed by atoms with E-state index in [-0.39, 0.29) is 11.8 Å². The van der Waals surface area contributed by atoms with E-state index < -0.39 is 0 Å². The summed E-state index contributed by atoms with van der Waals surface area (Å²) in [7, 11) is 1.57. The Balaban J connectivity index is 1.38. The Morgan fingerprint density at radius 1 is 1.09 bits per heavy atom. The van der Waals surface area contributed by atoms with Gasteiger partial charge in [0.1, 0.15) is 5.75 Å². The average molecular weight is 450 g/mol. The van der Waals surface area contributed by atoms with Gasteiger partial charge in [0.05, 0.1) is 30.8 Å². The summed E-state index contributed by atoms with van der Waals surface area (Å²) < 4.78 is 6.90. The molecule has 0 radical (unpaired) electrons. The maximum Gasteiger partial charge on any atom is 0.252 e. The molecule has 0 spiro atoms. The Morgan fingerprint density at radius 2 is 1.84 bits per heavy atom. The maximum absolute atomic E-state index is 12.8. The summed E-state index contributed by atoms with van der Waals surface area (Å²) in [5, 5.41) is 12.8. The number of amides is 2. The number of aromatic nitrogens is 3. The van der Waals surface area contributed by atoms with Gasteiger partial charge in [0, 0.05) is 29.2 Å². The Morgan fingerprint density at radius 3 is 2.53 bits per heavy atom. The highest BCUT2D eigenvalue weighted by Gasteiger charge is 2.16. The first kappa shape index (κ1) is 21.5. The lowest BCUT2D eigenvalue weighted by atomic mass is 10.1. The van der Waals surface area contributed by atoms with Crippen LogP contribution >= 0.6 is 11.3 Å². The molecule has 0 atom stereocenters. The molecule has 2 amide bonds. The number of benzene rings is 1. The minimum Gasteiger partial charge on any atom is -0.497 e. The van der Waals surface area contributed by atoms with E-state index in [1.54, 1.807) is 59.7 Å². The van der Waals surface area contributed by atoms with Crippen LogP contribution in [0.1, 0.15) is 31.3 Å². The molecule has 9 heteroatoms. The number of aryl methyl sites for hydroxylation is 1. The van der Waals surface area contributed by atoms with E-state index in [1.807, 2.05) is 24.4 Å². The van der Waals surface area contributed by atoms with E-state index in [1.165, 1.54) is 0 Å². The molecule has 0 unspecified atom stereocenters. The molecule has 0 aliphatic rings. The SMILES string of the molecule is COc1ccc(C(=O)NCCNC(=O)c2cc(C)nc3c2cnn3Cc2cccs2)cc1. The smallest absolute Gasteiger partial charge is 0.252 e. The number of fused-ring (bicyclic) bond motifs is 1. The van der Waals surface area contributed by atoms with Crippen LogP contribution in [0.4, 0.5) is 0 Å². The fourth-order valence-corrected chi connectivity index (χ4v) is 4.00. The molecule has 0 fully saturated rings. The van der Waals surface area contributed by atoms with Crippen LogP contribution in [0, 0.1) is 6.92 Å². The van der Waals surface area contributed by atoms with Gasteiger partial charge < -0.3 is 15.4 Å². The molecule has 0 aliphatic heterocycles. The summed E-state index contributed by atoms with van der Waals surface area (Å²) in [4.78, 5) is 30.8. The number of nitrogens with zero attached hydrogens (tertiary/aromatic N) is 3. The molecule has 32 heavy (non-hydrogen) atoms. The van der Waals surface area contributed by atoms with Crippen molar-refractivity contribution in [1.82, 2.24) is 25.4 Å². The Kier molecular flexibility index (Phi) is 6.46. The fraction of sp³-hybridized carbons (Fsp3) is 0.217. The number of hydrogen-bond acceptors (Lipinski definition) is 6. The Labute approximate surface area is 189 Å². The monoisotopic (exact) mass is 449 g/mol. The van der Waals surface area contributed by atoms with Gasteiger partial charge in [-0.2, -0.15) is 5.10 Å². The zero-order valence-corrected chi connectivity index (χ0v) is 18.6. The molecule has 0 saturated carbocycles. The molecule has 4 rings (SSSR count). The summed E-state index contributed by atoms with van der Waals surface area (Å²) in [5.74, 6) is 0.250. The molecule has 0 bridgehead atoms. The Bertz CT molecular complexity index is 1230. The van der Waals surface area contributed by atoms with Crippen molar-refractivity contribution in [2.45, 2.75) is 13.5 Å². The van der Waals surface area contributed by atoms with Gasteiger partial charge in [-0.1, -0.05) is 6.07 Å². The minimum atomic E-state index is -0.227. The van der Waals surface area contributed by atoms with Crippen molar-refractivity contribution in [2.75, 3.05) is 20.2 Å². The van der Waals surface area contributed by atoms with Gasteiger partial charge in [-0.15, -0.1) is 11.3 Å². The summed E-state index contributed by atoms with van der Waals surface area (Å²) >= 11 is 1.65. The third kappa shape index (κ3) is 4.78. The van der Waals surface area contributed by atoms with Crippen LogP contribution in [0.2, 0.25) is 0 Å². The predicted octanol–water partition coefficient (Wildman–Crippen LogP) is 3.02. The van der Waals surface area contributed by atoms with Gasteiger partial charge >= 0.3 is 0 Å². The molecule has 3 aromatic heterocycles. The van der Waals surface area contributed by atoms with Crippen molar-refractivity contribution in [1.29, 1.82) is 0 Å². The minimum absolute atomic E-state index is 0.209. The van der Waals surface area contributed by atoms with Crippen LogP contribution in [0.3, 0.4) is 0 Å². The highest BCUT2D eigenvalue weighted by Crippen LogP contribution is 2.20. The van der Waals surface area contributed by atoms with Crippen LogP contribution in [0.15, 0.2) is 54.0 Å². The number of nitrogens with one attached hydrogen (secondary N) is 2. The predicted molar refractivity (Wildman–Crippen MR) is 123 cm³/mol. The second-order valence-corrected chi connectivity index (χ2v) is 8.20. The van der Waals surface area contributed by atoms with Crippen LogP contribution in [-0.2, 0) is 6.54 Å². The summed E-state index contributed by atoms with van der Waals surface area (Å²) in [6, 6.07) is 12.6. The number of carbonyl (C=O) groups excluding carboxylic acids is 2. The van der Waals surface area contributed by atoms with Crippen molar-refractivity contribution >= 4 is 34.2 Å². The summed E-state index contributed by atoms with van der Waals surface area (Å²) in [5.41, 5.74) is 2.47. The van der Waals surface area contributed by atoms with Crippen LogP contribution in [0.25, 0.3) is 11.0 Å². The molecular weight excluding hydrogens is 426 g/mol. The number of methoxy groups -OCH3 is 1. The second-order valence-electron chi connectivity index (χ2n) is 7.17. The first-order valence-electron chi connectivity index (χ1n) is 10.1. The zero-order chi connectivity index (χ0) is 22.5. The second kappa shape index (κ2) is 9.61. The van der Waals surface area contributed by atoms with Gasteiger partial charge in [0.15, 0.2) is 5.65 Å². The highest BCUT2D eigenvalue weighted by molar-refractivity contribution is 7.09. The maximum atomic E-state index is 12.8. The third-order valence-corrected chi connectivity index (χ3v) is 5.78. The molecule has 0 saturated heterocycles. The van der Waals surface area contributed by atoms with Crippen molar-refractivity contribution in [3.8, 4) is 5.75 Å². The number of thiophene rings is 1. The summed E-state index contributed by atoms with van der Waals surface area (Å²) in [6.45, 7) is 3.07. The fourth-order valence-electron chi connectivity index (χ4n) is 3.32. The van der Waals surface area contributed by atoms with Crippen molar-refractivity contribution < 1.29 is 14.3 Å². The van der Waals surface area contributed by atoms with E-state index in [2.05, 4.69) is 20.7 Å². The largest absolute Gasteiger partial charge is 0.497 e. The first-order chi connectivity index (χ1) is 15.5. The molecule has 8 nitrogen and oxygen atoms in total. The first-order valence-corrected chi connectivity index (χ1v) is 11.0. The van der Waals surface area contributed by atoms with Crippen LogP contribution < -0.4 is 15.4 Å². The van der Waals surface area contributed by atoms with Crippen molar-refractivity contribution in [3.05, 3.63) is 75.7 Å². The zero-order valence-electron chi connectivity index (χ0n) is 17.8. The van der Waals surface area contributed by atoms with Gasteiger partial charge in [-0.05, 0) is 48.7 Å². The number of ether oxygens (including phenoxy) is 1. The third-order valence-electron chi connectivity index (χ3n) is 4.92. The lowest BCUT2D eigenvalue weighted by molar-refractivity contribution is 0.0928. The van der Waals surface area contributed by atoms with Gasteiger partial charge in [-0.3, -0.25) is 9.59 Å².